The van der Waals surface area contributed by atoms with Gasteiger partial charge < -0.3 is 20.1 Å². The number of hydrogen-bond donors (Lipinski definition) is 2. The Labute approximate surface area is 168 Å². The lowest BCUT2D eigenvalue weighted by Gasteiger charge is -2.40. The van der Waals surface area contributed by atoms with Gasteiger partial charge >= 0.3 is 6.09 Å². The number of ether oxygens (including phenoxy) is 1. The van der Waals surface area contributed by atoms with Gasteiger partial charge in [-0.3, -0.25) is 4.79 Å². The second kappa shape index (κ2) is 8.21. The highest BCUT2D eigenvalue weighted by Crippen LogP contribution is 2.36. The van der Waals surface area contributed by atoms with Crippen molar-refractivity contribution in [2.45, 2.75) is 37.5 Å². The summed E-state index contributed by atoms with van der Waals surface area (Å²) in [6.07, 6.45) is 0.0597. The van der Waals surface area contributed by atoms with Crippen LogP contribution in [0.2, 0.25) is 0 Å². The van der Waals surface area contributed by atoms with E-state index < -0.39 is 12.2 Å². The zero-order valence-corrected chi connectivity index (χ0v) is 15.9. The number of benzene rings is 2. The first-order valence-electron chi connectivity index (χ1n) is 9.77. The topological polar surface area (TPSA) is 78.9 Å². The van der Waals surface area contributed by atoms with E-state index in [4.69, 9.17) is 9.84 Å². The fraction of sp³-hybridized carbons (Fsp3) is 0.364. The third-order valence-electron chi connectivity index (χ3n) is 5.63. The summed E-state index contributed by atoms with van der Waals surface area (Å²) >= 11 is 0. The Hall–Kier alpha value is -2.93. The Morgan fingerprint density at radius 2 is 1.86 bits per heavy atom. The molecule has 3 atom stereocenters. The first-order chi connectivity index (χ1) is 14.0. The second-order valence-corrected chi connectivity index (χ2v) is 7.48. The monoisotopic (exact) mass is 398 g/mol. The average Bonchev–Trinajstić information content (AvgIpc) is 2.73. The highest BCUT2D eigenvalue weighted by Gasteiger charge is 2.37. The number of nitrogens with zero attached hydrogens (tertiary/aromatic N) is 1. The molecule has 0 spiro atoms. The van der Waals surface area contributed by atoms with Crippen molar-refractivity contribution in [2.75, 3.05) is 13.2 Å². The summed E-state index contributed by atoms with van der Waals surface area (Å²) in [4.78, 5) is 25.9. The fourth-order valence-electron chi connectivity index (χ4n) is 4.23. The van der Waals surface area contributed by atoms with Crippen LogP contribution in [0.4, 0.5) is 9.18 Å². The standard InChI is InChI=1S/C22H23FN2O4/c23-16-7-5-15(6-8-16)20-18-4-2-1-3-14(18)11-12-25(20)21(26)19-10-9-17(13-29-19)24-22(27)28/h1-8,17,19-20,24H,9-13H2,(H,27,28)/t17-,19+,20-/m0/s1. The van der Waals surface area contributed by atoms with Crippen molar-refractivity contribution < 1.29 is 23.8 Å². The molecule has 0 saturated carbocycles. The van der Waals surface area contributed by atoms with Gasteiger partial charge in [0, 0.05) is 6.54 Å². The average molecular weight is 398 g/mol. The van der Waals surface area contributed by atoms with E-state index in [1.807, 2.05) is 23.1 Å². The predicted molar refractivity (Wildman–Crippen MR) is 104 cm³/mol. The van der Waals surface area contributed by atoms with Crippen LogP contribution in [0.1, 0.15) is 35.6 Å². The summed E-state index contributed by atoms with van der Waals surface area (Å²) in [5.41, 5.74) is 3.08. The first-order valence-corrected chi connectivity index (χ1v) is 9.77. The van der Waals surface area contributed by atoms with Crippen molar-refractivity contribution in [3.8, 4) is 0 Å². The first kappa shape index (κ1) is 19.4. The molecule has 0 bridgehead atoms. The van der Waals surface area contributed by atoms with Crippen molar-refractivity contribution in [3.63, 3.8) is 0 Å². The number of nitrogens with one attached hydrogen (secondary N) is 1. The van der Waals surface area contributed by atoms with Gasteiger partial charge in [-0.05, 0) is 48.1 Å². The molecule has 6 nitrogen and oxygen atoms in total. The highest BCUT2D eigenvalue weighted by molar-refractivity contribution is 5.82. The van der Waals surface area contributed by atoms with Crippen LogP contribution >= 0.6 is 0 Å². The van der Waals surface area contributed by atoms with Gasteiger partial charge in [0.1, 0.15) is 11.9 Å². The van der Waals surface area contributed by atoms with Crippen molar-refractivity contribution in [2.24, 2.45) is 0 Å². The third-order valence-corrected chi connectivity index (χ3v) is 5.63. The van der Waals surface area contributed by atoms with Gasteiger partial charge in [-0.15, -0.1) is 0 Å². The number of rotatable bonds is 3. The Kier molecular flexibility index (Phi) is 5.49. The SMILES string of the molecule is O=C(O)N[C@H]1CC[C@H](C(=O)N2CCc3ccccc3[C@@H]2c2ccc(F)cc2)OC1. The number of hydrogen-bond acceptors (Lipinski definition) is 3. The van der Waals surface area contributed by atoms with Gasteiger partial charge in [0.25, 0.3) is 5.91 Å². The number of amides is 2. The number of carbonyl (C=O) groups is 2. The summed E-state index contributed by atoms with van der Waals surface area (Å²) in [7, 11) is 0. The molecule has 29 heavy (non-hydrogen) atoms. The molecule has 2 heterocycles. The maximum absolute atomic E-state index is 13.5. The summed E-state index contributed by atoms with van der Waals surface area (Å²) in [5.74, 6) is -0.425. The zero-order chi connectivity index (χ0) is 20.4. The molecular formula is C22H23FN2O4. The molecule has 7 heteroatoms. The Morgan fingerprint density at radius 1 is 1.10 bits per heavy atom. The van der Waals surface area contributed by atoms with E-state index >= 15 is 0 Å². The van der Waals surface area contributed by atoms with Crippen LogP contribution in [-0.4, -0.2) is 47.3 Å². The van der Waals surface area contributed by atoms with Gasteiger partial charge in [-0.25, -0.2) is 9.18 Å². The van der Waals surface area contributed by atoms with E-state index in [1.54, 1.807) is 12.1 Å². The van der Waals surface area contributed by atoms with E-state index in [-0.39, 0.29) is 30.4 Å². The predicted octanol–water partition coefficient (Wildman–Crippen LogP) is 3.12. The number of halogens is 1. The molecule has 0 radical (unpaired) electrons. The Bertz CT molecular complexity index is 894. The lowest BCUT2D eigenvalue weighted by molar-refractivity contribution is -0.149. The molecule has 1 saturated heterocycles. The minimum absolute atomic E-state index is 0.109. The zero-order valence-electron chi connectivity index (χ0n) is 15.9. The molecule has 2 amide bonds. The van der Waals surface area contributed by atoms with Crippen LogP contribution in [0.25, 0.3) is 0 Å². The minimum Gasteiger partial charge on any atom is -0.465 e. The van der Waals surface area contributed by atoms with Gasteiger partial charge in [0.05, 0.1) is 18.7 Å². The molecule has 0 aromatic heterocycles. The quantitative estimate of drug-likeness (QED) is 0.833. The smallest absolute Gasteiger partial charge is 0.404 e. The molecule has 1 fully saturated rings. The van der Waals surface area contributed by atoms with Crippen molar-refractivity contribution >= 4 is 12.0 Å². The van der Waals surface area contributed by atoms with E-state index in [9.17, 15) is 14.0 Å². The number of fused-ring (bicyclic) bond motifs is 1. The minimum atomic E-state index is -1.09. The Morgan fingerprint density at radius 3 is 2.55 bits per heavy atom. The molecule has 4 rings (SSSR count). The highest BCUT2D eigenvalue weighted by atomic mass is 19.1. The largest absolute Gasteiger partial charge is 0.465 e. The van der Waals surface area contributed by atoms with Crippen molar-refractivity contribution in [1.29, 1.82) is 0 Å². The van der Waals surface area contributed by atoms with E-state index in [1.165, 1.54) is 17.7 Å². The van der Waals surface area contributed by atoms with Crippen LogP contribution in [0.15, 0.2) is 48.5 Å². The van der Waals surface area contributed by atoms with Crippen molar-refractivity contribution in [1.82, 2.24) is 10.2 Å². The molecule has 0 unspecified atom stereocenters. The van der Waals surface area contributed by atoms with Crippen LogP contribution in [0.3, 0.4) is 0 Å². The van der Waals surface area contributed by atoms with Gasteiger partial charge in [0.15, 0.2) is 0 Å². The van der Waals surface area contributed by atoms with Crippen LogP contribution in [0, 0.1) is 5.82 Å². The van der Waals surface area contributed by atoms with Gasteiger partial charge in [0.2, 0.25) is 0 Å². The van der Waals surface area contributed by atoms with Gasteiger partial charge in [-0.1, -0.05) is 36.4 Å². The molecule has 2 aliphatic rings. The second-order valence-electron chi connectivity index (χ2n) is 7.48. The third kappa shape index (κ3) is 4.10. The fourth-order valence-corrected chi connectivity index (χ4v) is 4.23. The lowest BCUT2D eigenvalue weighted by Crippen LogP contribution is -2.50. The van der Waals surface area contributed by atoms with Crippen molar-refractivity contribution in [3.05, 3.63) is 71.0 Å². The molecular weight excluding hydrogens is 375 g/mol. The maximum Gasteiger partial charge on any atom is 0.404 e. The molecule has 0 aliphatic carbocycles. The van der Waals surface area contributed by atoms with E-state index in [2.05, 4.69) is 11.4 Å². The van der Waals surface area contributed by atoms with Crippen LogP contribution in [-0.2, 0) is 16.0 Å². The summed E-state index contributed by atoms with van der Waals surface area (Å²) in [6, 6.07) is 13.7. The summed E-state index contributed by atoms with van der Waals surface area (Å²) < 4.78 is 19.2. The summed E-state index contributed by atoms with van der Waals surface area (Å²) in [6.45, 7) is 0.725. The van der Waals surface area contributed by atoms with E-state index in [0.717, 1.165) is 17.5 Å². The van der Waals surface area contributed by atoms with E-state index in [0.29, 0.717) is 19.4 Å². The normalized spacial score (nSPS) is 23.9. The Balaban J connectivity index is 1.58. The summed E-state index contributed by atoms with van der Waals surface area (Å²) in [5, 5.41) is 11.3. The maximum atomic E-state index is 13.5. The molecule has 152 valence electrons. The molecule has 2 aromatic carbocycles. The number of carboxylic acid groups (broad SMARTS) is 1. The molecule has 2 aromatic rings. The molecule has 2 aliphatic heterocycles. The van der Waals surface area contributed by atoms with Crippen LogP contribution in [0.5, 0.6) is 0 Å². The van der Waals surface area contributed by atoms with Crippen LogP contribution < -0.4 is 5.32 Å². The lowest BCUT2D eigenvalue weighted by atomic mass is 9.87. The number of carbonyl (C=O) groups excluding carboxylic acids is 1. The van der Waals surface area contributed by atoms with Gasteiger partial charge in [-0.2, -0.15) is 0 Å². The molecule has 2 N–H and O–H groups in total.